The van der Waals surface area contributed by atoms with Gasteiger partial charge in [-0.05, 0) is 81.1 Å². The first kappa shape index (κ1) is 16.1. The SMILES string of the molecule is Cc1ccc(NC(=O)C(C)Nc2ccc(C)c(C)c2)cc1C. The van der Waals surface area contributed by atoms with Gasteiger partial charge in [0.2, 0.25) is 5.91 Å². The first-order valence-corrected chi connectivity index (χ1v) is 7.58. The van der Waals surface area contributed by atoms with Crippen LogP contribution in [0.1, 0.15) is 29.2 Å². The monoisotopic (exact) mass is 296 g/mol. The number of carbonyl (C=O) groups excluding carboxylic acids is 1. The Hall–Kier alpha value is -2.29. The summed E-state index contributed by atoms with van der Waals surface area (Å²) < 4.78 is 0. The number of carbonyl (C=O) groups is 1. The van der Waals surface area contributed by atoms with Gasteiger partial charge in [-0.25, -0.2) is 0 Å². The minimum absolute atomic E-state index is 0.0403. The second-order valence-corrected chi connectivity index (χ2v) is 5.95. The average Bonchev–Trinajstić information content (AvgIpc) is 2.46. The van der Waals surface area contributed by atoms with Gasteiger partial charge in [-0.1, -0.05) is 12.1 Å². The molecule has 1 unspecified atom stereocenters. The van der Waals surface area contributed by atoms with E-state index in [9.17, 15) is 4.79 Å². The predicted octanol–water partition coefficient (Wildman–Crippen LogP) is 4.36. The molecule has 1 amide bonds. The first-order valence-electron chi connectivity index (χ1n) is 7.58. The Morgan fingerprint density at radius 2 is 1.32 bits per heavy atom. The lowest BCUT2D eigenvalue weighted by Gasteiger charge is -2.16. The molecule has 2 aromatic rings. The predicted molar refractivity (Wildman–Crippen MR) is 93.5 cm³/mol. The van der Waals surface area contributed by atoms with Crippen molar-refractivity contribution in [1.82, 2.24) is 0 Å². The summed E-state index contributed by atoms with van der Waals surface area (Å²) in [5.74, 6) is -0.0403. The van der Waals surface area contributed by atoms with E-state index in [-0.39, 0.29) is 11.9 Å². The lowest BCUT2D eigenvalue weighted by atomic mass is 10.1. The van der Waals surface area contributed by atoms with E-state index in [1.54, 1.807) is 0 Å². The number of benzene rings is 2. The molecule has 0 saturated carbocycles. The van der Waals surface area contributed by atoms with Gasteiger partial charge in [0.1, 0.15) is 6.04 Å². The largest absolute Gasteiger partial charge is 0.374 e. The Labute approximate surface area is 132 Å². The third-order valence-corrected chi connectivity index (χ3v) is 4.06. The molecule has 22 heavy (non-hydrogen) atoms. The molecule has 0 aliphatic rings. The van der Waals surface area contributed by atoms with E-state index in [0.717, 1.165) is 11.4 Å². The smallest absolute Gasteiger partial charge is 0.246 e. The van der Waals surface area contributed by atoms with Crippen LogP contribution in [0.2, 0.25) is 0 Å². The van der Waals surface area contributed by atoms with Gasteiger partial charge in [0.05, 0.1) is 0 Å². The molecule has 0 aromatic heterocycles. The van der Waals surface area contributed by atoms with Gasteiger partial charge in [0, 0.05) is 11.4 Å². The van der Waals surface area contributed by atoms with E-state index in [0.29, 0.717) is 0 Å². The van der Waals surface area contributed by atoms with Crippen molar-refractivity contribution in [1.29, 1.82) is 0 Å². The zero-order valence-corrected chi connectivity index (χ0v) is 13.9. The summed E-state index contributed by atoms with van der Waals surface area (Å²) in [4.78, 5) is 12.3. The van der Waals surface area contributed by atoms with Crippen LogP contribution in [0, 0.1) is 27.7 Å². The Bertz CT molecular complexity index is 692. The highest BCUT2D eigenvalue weighted by Crippen LogP contribution is 2.17. The number of nitrogens with one attached hydrogen (secondary N) is 2. The number of rotatable bonds is 4. The van der Waals surface area contributed by atoms with Crippen molar-refractivity contribution in [3.63, 3.8) is 0 Å². The minimum Gasteiger partial charge on any atom is -0.374 e. The second-order valence-electron chi connectivity index (χ2n) is 5.95. The molecule has 0 aliphatic carbocycles. The summed E-state index contributed by atoms with van der Waals surface area (Å²) in [5, 5.41) is 6.20. The molecular weight excluding hydrogens is 272 g/mol. The lowest BCUT2D eigenvalue weighted by molar-refractivity contribution is -0.116. The van der Waals surface area contributed by atoms with Crippen molar-refractivity contribution in [2.45, 2.75) is 40.7 Å². The molecule has 116 valence electrons. The van der Waals surface area contributed by atoms with Gasteiger partial charge >= 0.3 is 0 Å². The standard InChI is InChI=1S/C19H24N2O/c1-12-6-8-17(10-14(12)3)20-16(5)19(22)21-18-9-7-13(2)15(4)11-18/h6-11,16,20H,1-5H3,(H,21,22). The van der Waals surface area contributed by atoms with E-state index < -0.39 is 0 Å². The van der Waals surface area contributed by atoms with E-state index in [1.807, 2.05) is 38.1 Å². The Morgan fingerprint density at radius 3 is 1.86 bits per heavy atom. The van der Waals surface area contributed by atoms with E-state index in [2.05, 4.69) is 43.5 Å². The summed E-state index contributed by atoms with van der Waals surface area (Å²) in [5.41, 5.74) is 6.66. The number of amides is 1. The van der Waals surface area contributed by atoms with Gasteiger partial charge in [-0.3, -0.25) is 4.79 Å². The van der Waals surface area contributed by atoms with Crippen molar-refractivity contribution < 1.29 is 4.79 Å². The molecule has 2 N–H and O–H groups in total. The van der Waals surface area contributed by atoms with Crippen LogP contribution in [0.3, 0.4) is 0 Å². The lowest BCUT2D eigenvalue weighted by Crippen LogP contribution is -2.31. The number of hydrogen-bond donors (Lipinski definition) is 2. The van der Waals surface area contributed by atoms with Crippen LogP contribution in [0.5, 0.6) is 0 Å². The van der Waals surface area contributed by atoms with Gasteiger partial charge in [-0.2, -0.15) is 0 Å². The molecule has 3 nitrogen and oxygen atoms in total. The maximum atomic E-state index is 12.3. The van der Waals surface area contributed by atoms with Gasteiger partial charge in [0.25, 0.3) is 0 Å². The van der Waals surface area contributed by atoms with E-state index in [4.69, 9.17) is 0 Å². The molecule has 0 radical (unpaired) electrons. The quantitative estimate of drug-likeness (QED) is 0.880. The summed E-state index contributed by atoms with van der Waals surface area (Å²) in [6, 6.07) is 11.8. The molecule has 3 heteroatoms. The third kappa shape index (κ3) is 3.88. The third-order valence-electron chi connectivity index (χ3n) is 4.06. The zero-order valence-electron chi connectivity index (χ0n) is 13.9. The number of anilines is 2. The number of hydrogen-bond acceptors (Lipinski definition) is 2. The van der Waals surface area contributed by atoms with Crippen LogP contribution in [-0.4, -0.2) is 11.9 Å². The first-order chi connectivity index (χ1) is 10.4. The Kier molecular flexibility index (Phi) is 4.86. The molecule has 2 rings (SSSR count). The summed E-state index contributed by atoms with van der Waals surface area (Å²) in [6.07, 6.45) is 0. The number of aryl methyl sites for hydroxylation is 4. The molecular formula is C19H24N2O. The Balaban J connectivity index is 2.02. The highest BCUT2D eigenvalue weighted by atomic mass is 16.2. The highest BCUT2D eigenvalue weighted by molar-refractivity contribution is 5.96. The summed E-state index contributed by atoms with van der Waals surface area (Å²) in [7, 11) is 0. The van der Waals surface area contributed by atoms with Gasteiger partial charge in [0.15, 0.2) is 0 Å². The van der Waals surface area contributed by atoms with Gasteiger partial charge < -0.3 is 10.6 Å². The molecule has 0 heterocycles. The minimum atomic E-state index is -0.302. The van der Waals surface area contributed by atoms with Crippen LogP contribution in [0.15, 0.2) is 36.4 Å². The van der Waals surface area contributed by atoms with Crippen LogP contribution in [0.4, 0.5) is 11.4 Å². The average molecular weight is 296 g/mol. The van der Waals surface area contributed by atoms with E-state index >= 15 is 0 Å². The molecule has 0 bridgehead atoms. The van der Waals surface area contributed by atoms with Crippen LogP contribution in [0.25, 0.3) is 0 Å². The summed E-state index contributed by atoms with van der Waals surface area (Å²) in [6.45, 7) is 10.1. The van der Waals surface area contributed by atoms with Crippen molar-refractivity contribution in [2.24, 2.45) is 0 Å². The fourth-order valence-electron chi connectivity index (χ4n) is 2.22. The van der Waals surface area contributed by atoms with Gasteiger partial charge in [-0.15, -0.1) is 0 Å². The summed E-state index contributed by atoms with van der Waals surface area (Å²) >= 11 is 0. The molecule has 0 spiro atoms. The maximum Gasteiger partial charge on any atom is 0.246 e. The van der Waals surface area contributed by atoms with Crippen LogP contribution in [-0.2, 0) is 4.79 Å². The van der Waals surface area contributed by atoms with Crippen molar-refractivity contribution >= 4 is 17.3 Å². The molecule has 2 aromatic carbocycles. The fraction of sp³-hybridized carbons (Fsp3) is 0.316. The molecule has 0 aliphatic heterocycles. The van der Waals surface area contributed by atoms with Crippen LogP contribution >= 0.6 is 0 Å². The van der Waals surface area contributed by atoms with Crippen molar-refractivity contribution in [2.75, 3.05) is 10.6 Å². The second kappa shape index (κ2) is 6.65. The topological polar surface area (TPSA) is 41.1 Å². The molecule has 0 fully saturated rings. The van der Waals surface area contributed by atoms with E-state index in [1.165, 1.54) is 22.3 Å². The fourth-order valence-corrected chi connectivity index (χ4v) is 2.22. The zero-order chi connectivity index (χ0) is 16.3. The normalized spacial score (nSPS) is 11.9. The maximum absolute atomic E-state index is 12.3. The van der Waals surface area contributed by atoms with Crippen molar-refractivity contribution in [3.05, 3.63) is 58.7 Å². The Morgan fingerprint density at radius 1 is 0.818 bits per heavy atom. The highest BCUT2D eigenvalue weighted by Gasteiger charge is 2.13. The van der Waals surface area contributed by atoms with Crippen molar-refractivity contribution in [3.8, 4) is 0 Å². The molecule has 0 saturated heterocycles. The molecule has 1 atom stereocenters. The van der Waals surface area contributed by atoms with Crippen LogP contribution < -0.4 is 10.6 Å².